The lowest BCUT2D eigenvalue weighted by Crippen LogP contribution is -2.36. The summed E-state index contributed by atoms with van der Waals surface area (Å²) in [7, 11) is 0. The van der Waals surface area contributed by atoms with Crippen LogP contribution in [0.4, 0.5) is 0 Å². The van der Waals surface area contributed by atoms with Gasteiger partial charge in [0.05, 0.1) is 5.92 Å². The first-order valence-electron chi connectivity index (χ1n) is 7.23. The Morgan fingerprint density at radius 1 is 1.25 bits per heavy atom. The number of amides is 1. The monoisotopic (exact) mass is 275 g/mol. The molecule has 1 fully saturated rings. The van der Waals surface area contributed by atoms with Crippen LogP contribution in [0.2, 0.25) is 0 Å². The molecule has 4 nitrogen and oxygen atoms in total. The molecule has 0 aliphatic carbocycles. The van der Waals surface area contributed by atoms with Crippen LogP contribution in [0.25, 0.3) is 0 Å². The number of carbonyl (C=O) groups is 2. The highest BCUT2D eigenvalue weighted by atomic mass is 16.4. The molecule has 1 aliphatic rings. The second kappa shape index (κ2) is 6.55. The third-order valence-corrected chi connectivity index (χ3v) is 4.00. The summed E-state index contributed by atoms with van der Waals surface area (Å²) in [5.41, 5.74) is 0.912. The molecule has 3 atom stereocenters. The van der Waals surface area contributed by atoms with Gasteiger partial charge < -0.3 is 10.4 Å². The van der Waals surface area contributed by atoms with Gasteiger partial charge in [-0.15, -0.1) is 0 Å². The Hall–Kier alpha value is -1.84. The van der Waals surface area contributed by atoms with Crippen molar-refractivity contribution in [2.45, 2.75) is 44.6 Å². The van der Waals surface area contributed by atoms with E-state index in [0.29, 0.717) is 0 Å². The Kier molecular flexibility index (Phi) is 4.77. The molecule has 0 aromatic heterocycles. The molecule has 0 bridgehead atoms. The molecule has 0 spiro atoms. The lowest BCUT2D eigenvalue weighted by atomic mass is 9.81. The second-order valence-corrected chi connectivity index (χ2v) is 5.37. The molecule has 20 heavy (non-hydrogen) atoms. The Labute approximate surface area is 119 Å². The highest BCUT2D eigenvalue weighted by molar-refractivity contribution is 5.93. The fourth-order valence-electron chi connectivity index (χ4n) is 3.00. The van der Waals surface area contributed by atoms with Crippen LogP contribution in [0.3, 0.4) is 0 Å². The van der Waals surface area contributed by atoms with Gasteiger partial charge in [-0.25, -0.2) is 4.79 Å². The van der Waals surface area contributed by atoms with Gasteiger partial charge in [-0.2, -0.15) is 0 Å². The van der Waals surface area contributed by atoms with E-state index in [1.165, 1.54) is 0 Å². The molecule has 0 saturated carbocycles. The standard InChI is InChI=1S/C16H21NO3/c1-2-3-5-10-12-13(11-8-6-4-7-9-11)15(18)17-14(12)16(19)20/h4,6-9,12-14H,2-3,5,10H2,1H3,(H,17,18)(H,19,20)/t12-,13-,14-/m0/s1. The molecular weight excluding hydrogens is 254 g/mol. The average molecular weight is 275 g/mol. The van der Waals surface area contributed by atoms with Crippen LogP contribution in [-0.4, -0.2) is 23.0 Å². The number of carboxylic acid groups (broad SMARTS) is 1. The van der Waals surface area contributed by atoms with E-state index in [9.17, 15) is 14.7 Å². The van der Waals surface area contributed by atoms with Crippen LogP contribution in [-0.2, 0) is 9.59 Å². The van der Waals surface area contributed by atoms with Crippen LogP contribution >= 0.6 is 0 Å². The van der Waals surface area contributed by atoms with Gasteiger partial charge in [-0.05, 0) is 12.0 Å². The summed E-state index contributed by atoms with van der Waals surface area (Å²) in [6.45, 7) is 2.11. The summed E-state index contributed by atoms with van der Waals surface area (Å²) >= 11 is 0. The summed E-state index contributed by atoms with van der Waals surface area (Å²) in [4.78, 5) is 23.5. The van der Waals surface area contributed by atoms with Gasteiger partial charge in [0.15, 0.2) is 0 Å². The van der Waals surface area contributed by atoms with Gasteiger partial charge in [0.25, 0.3) is 0 Å². The van der Waals surface area contributed by atoms with E-state index in [2.05, 4.69) is 12.2 Å². The van der Waals surface area contributed by atoms with E-state index in [0.717, 1.165) is 31.2 Å². The van der Waals surface area contributed by atoms with E-state index in [1.807, 2.05) is 30.3 Å². The third kappa shape index (κ3) is 3.00. The Morgan fingerprint density at radius 2 is 1.95 bits per heavy atom. The molecule has 1 aliphatic heterocycles. The van der Waals surface area contributed by atoms with Gasteiger partial charge in [-0.1, -0.05) is 56.5 Å². The molecule has 108 valence electrons. The molecule has 1 aromatic carbocycles. The fourth-order valence-corrected chi connectivity index (χ4v) is 3.00. The van der Waals surface area contributed by atoms with Crippen LogP contribution < -0.4 is 5.32 Å². The van der Waals surface area contributed by atoms with Crippen molar-refractivity contribution in [1.82, 2.24) is 5.32 Å². The van der Waals surface area contributed by atoms with Crippen molar-refractivity contribution >= 4 is 11.9 Å². The van der Waals surface area contributed by atoms with Crippen LogP contribution in [0.15, 0.2) is 30.3 Å². The second-order valence-electron chi connectivity index (χ2n) is 5.37. The normalized spacial score (nSPS) is 25.4. The number of carbonyl (C=O) groups excluding carboxylic acids is 1. The van der Waals surface area contributed by atoms with Gasteiger partial charge in [0.2, 0.25) is 5.91 Å². The van der Waals surface area contributed by atoms with E-state index in [4.69, 9.17) is 0 Å². The van der Waals surface area contributed by atoms with E-state index < -0.39 is 12.0 Å². The largest absolute Gasteiger partial charge is 0.480 e. The number of benzene rings is 1. The first-order valence-corrected chi connectivity index (χ1v) is 7.23. The molecule has 0 radical (unpaired) electrons. The molecule has 1 saturated heterocycles. The van der Waals surface area contributed by atoms with E-state index in [1.54, 1.807) is 0 Å². The number of nitrogens with one attached hydrogen (secondary N) is 1. The van der Waals surface area contributed by atoms with Gasteiger partial charge in [-0.3, -0.25) is 4.79 Å². The number of aliphatic carboxylic acids is 1. The highest BCUT2D eigenvalue weighted by Crippen LogP contribution is 2.36. The zero-order valence-corrected chi connectivity index (χ0v) is 11.7. The van der Waals surface area contributed by atoms with Crippen LogP contribution in [0, 0.1) is 5.92 Å². The summed E-state index contributed by atoms with van der Waals surface area (Å²) < 4.78 is 0. The minimum atomic E-state index is -0.932. The van der Waals surface area contributed by atoms with Crippen LogP contribution in [0.1, 0.15) is 44.1 Å². The van der Waals surface area contributed by atoms with Gasteiger partial charge in [0.1, 0.15) is 6.04 Å². The van der Waals surface area contributed by atoms with Crippen molar-refractivity contribution in [1.29, 1.82) is 0 Å². The molecule has 1 amide bonds. The molecular formula is C16H21NO3. The Balaban J connectivity index is 2.22. The predicted octanol–water partition coefficient (Wildman–Crippen LogP) is 2.55. The smallest absolute Gasteiger partial charge is 0.326 e. The minimum Gasteiger partial charge on any atom is -0.480 e. The highest BCUT2D eigenvalue weighted by Gasteiger charge is 2.45. The zero-order chi connectivity index (χ0) is 14.5. The molecule has 0 unspecified atom stereocenters. The number of unbranched alkanes of at least 4 members (excludes halogenated alkanes) is 2. The Bertz CT molecular complexity index is 472. The number of hydrogen-bond donors (Lipinski definition) is 2. The van der Waals surface area contributed by atoms with Crippen molar-refractivity contribution in [2.75, 3.05) is 0 Å². The number of hydrogen-bond acceptors (Lipinski definition) is 2. The summed E-state index contributed by atoms with van der Waals surface area (Å²) in [6, 6.07) is 8.73. The Morgan fingerprint density at radius 3 is 2.55 bits per heavy atom. The first kappa shape index (κ1) is 14.6. The van der Waals surface area contributed by atoms with E-state index >= 15 is 0 Å². The third-order valence-electron chi connectivity index (χ3n) is 4.00. The summed E-state index contributed by atoms with van der Waals surface area (Å²) in [5, 5.41) is 11.9. The maximum atomic E-state index is 12.2. The predicted molar refractivity (Wildman–Crippen MR) is 76.4 cm³/mol. The molecule has 2 N–H and O–H groups in total. The fraction of sp³-hybridized carbons (Fsp3) is 0.500. The SMILES string of the molecule is CCCCC[C@@H]1[C@@H](C(=O)O)NC(=O)[C@H]1c1ccccc1. The van der Waals surface area contributed by atoms with Crippen LogP contribution in [0.5, 0.6) is 0 Å². The molecule has 1 aromatic rings. The quantitative estimate of drug-likeness (QED) is 0.784. The zero-order valence-electron chi connectivity index (χ0n) is 11.7. The molecule has 2 rings (SSSR count). The maximum absolute atomic E-state index is 12.2. The lowest BCUT2D eigenvalue weighted by Gasteiger charge is -2.20. The molecule has 1 heterocycles. The first-order chi connectivity index (χ1) is 9.65. The summed E-state index contributed by atoms with van der Waals surface area (Å²) in [5.74, 6) is -1.59. The number of rotatable bonds is 6. The topological polar surface area (TPSA) is 66.4 Å². The van der Waals surface area contributed by atoms with Crippen molar-refractivity contribution in [3.8, 4) is 0 Å². The van der Waals surface area contributed by atoms with E-state index in [-0.39, 0.29) is 17.7 Å². The van der Waals surface area contributed by atoms with Crippen molar-refractivity contribution in [3.05, 3.63) is 35.9 Å². The van der Waals surface area contributed by atoms with Crippen molar-refractivity contribution in [2.24, 2.45) is 5.92 Å². The van der Waals surface area contributed by atoms with Gasteiger partial charge >= 0.3 is 5.97 Å². The average Bonchev–Trinajstić information content (AvgIpc) is 2.77. The number of carboxylic acids is 1. The summed E-state index contributed by atoms with van der Waals surface area (Å²) in [6.07, 6.45) is 3.88. The van der Waals surface area contributed by atoms with Crippen molar-refractivity contribution in [3.63, 3.8) is 0 Å². The van der Waals surface area contributed by atoms with Crippen molar-refractivity contribution < 1.29 is 14.7 Å². The lowest BCUT2D eigenvalue weighted by molar-refractivity contribution is -0.141. The maximum Gasteiger partial charge on any atom is 0.326 e. The van der Waals surface area contributed by atoms with Gasteiger partial charge in [0, 0.05) is 5.92 Å². The minimum absolute atomic E-state index is 0.158. The molecule has 4 heteroatoms.